The van der Waals surface area contributed by atoms with Crippen molar-refractivity contribution in [3.05, 3.63) is 17.2 Å². The van der Waals surface area contributed by atoms with Crippen LogP contribution in [0.2, 0.25) is 0 Å². The second-order valence-corrected chi connectivity index (χ2v) is 7.19. The van der Waals surface area contributed by atoms with Gasteiger partial charge in [-0.3, -0.25) is 0 Å². The van der Waals surface area contributed by atoms with Crippen LogP contribution in [0.4, 0.5) is 4.79 Å². The van der Waals surface area contributed by atoms with E-state index in [1.807, 2.05) is 33.6 Å². The van der Waals surface area contributed by atoms with Crippen LogP contribution in [0.5, 0.6) is 0 Å². The summed E-state index contributed by atoms with van der Waals surface area (Å²) in [7, 11) is 0. The third kappa shape index (κ3) is 4.46. The molecule has 0 bridgehead atoms. The number of hydrogen-bond acceptors (Lipinski definition) is 4. The van der Waals surface area contributed by atoms with Crippen LogP contribution in [-0.2, 0) is 14.3 Å². The van der Waals surface area contributed by atoms with E-state index in [0.717, 1.165) is 19.3 Å². The molecule has 122 valence electrons. The summed E-state index contributed by atoms with van der Waals surface area (Å²) in [6.07, 6.45) is 5.47. The van der Waals surface area contributed by atoms with Gasteiger partial charge in [-0.2, -0.15) is 0 Å². The summed E-state index contributed by atoms with van der Waals surface area (Å²) in [5.74, 6) is 1.99. The fraction of sp³-hybridized carbons (Fsp3) is 0.706. The molecule has 1 fully saturated rings. The summed E-state index contributed by atoms with van der Waals surface area (Å²) in [6.45, 7) is 7.76. The van der Waals surface area contributed by atoms with Crippen molar-refractivity contribution in [2.75, 3.05) is 6.61 Å². The number of allylic oxidation sites excluding steroid dienone is 1. The summed E-state index contributed by atoms with van der Waals surface area (Å²) < 4.78 is 10.7. The van der Waals surface area contributed by atoms with Crippen molar-refractivity contribution in [1.29, 1.82) is 0 Å². The van der Waals surface area contributed by atoms with Crippen molar-refractivity contribution in [2.24, 2.45) is 0 Å². The number of amides is 1. The molecule has 1 amide bonds. The lowest BCUT2D eigenvalue weighted by atomic mass is 9.91. The topological polar surface area (TPSA) is 67.9 Å². The molecule has 1 aliphatic carbocycles. The predicted octanol–water partition coefficient (Wildman–Crippen LogP) is 2.93. The number of rotatable bonds is 5. The zero-order chi connectivity index (χ0) is 16.4. The molecule has 0 aromatic rings. The minimum absolute atomic E-state index is 0.427. The summed E-state index contributed by atoms with van der Waals surface area (Å²) in [4.78, 5) is 23.5. The van der Waals surface area contributed by atoms with Gasteiger partial charge in [0.2, 0.25) is 0 Å². The molecule has 0 radical (unpaired) electrons. The number of alkyl carbamates (subject to hydrolysis) is 1. The molecule has 5 heteroatoms. The first-order valence-corrected chi connectivity index (χ1v) is 7.80. The fourth-order valence-corrected chi connectivity index (χ4v) is 2.67. The zero-order valence-electron chi connectivity index (χ0n) is 13.8. The Kier molecular flexibility index (Phi) is 4.78. The molecular weight excluding hydrogens is 282 g/mol. The number of ether oxygens (including phenoxy) is 2. The summed E-state index contributed by atoms with van der Waals surface area (Å²) in [5.41, 5.74) is 0.552. The Bertz CT molecular complexity index is 519. The predicted molar refractivity (Wildman–Crippen MR) is 83.3 cm³/mol. The Morgan fingerprint density at radius 3 is 2.68 bits per heavy atom. The minimum atomic E-state index is -0.597. The van der Waals surface area contributed by atoms with Gasteiger partial charge in [0.1, 0.15) is 17.1 Å². The van der Waals surface area contributed by atoms with Gasteiger partial charge < -0.3 is 14.8 Å². The molecule has 5 nitrogen and oxygen atoms in total. The maximum atomic E-state index is 12.1. The van der Waals surface area contributed by atoms with Gasteiger partial charge in [0.25, 0.3) is 0 Å². The van der Waals surface area contributed by atoms with Gasteiger partial charge >= 0.3 is 6.09 Å². The Hall–Kier alpha value is -1.58. The molecule has 0 aromatic heterocycles. The largest absolute Gasteiger partial charge is 0.444 e. The van der Waals surface area contributed by atoms with Gasteiger partial charge in [-0.15, -0.1) is 0 Å². The van der Waals surface area contributed by atoms with Crippen LogP contribution in [0.1, 0.15) is 53.4 Å². The fourth-order valence-electron chi connectivity index (χ4n) is 2.67. The quantitative estimate of drug-likeness (QED) is 0.482. The number of carbonyl (C=O) groups is 1. The zero-order valence-corrected chi connectivity index (χ0v) is 13.8. The minimum Gasteiger partial charge on any atom is -0.444 e. The first kappa shape index (κ1) is 16.8. The Balaban J connectivity index is 2.10. The molecule has 0 saturated carbocycles. The normalized spacial score (nSPS) is 25.0. The van der Waals surface area contributed by atoms with Crippen molar-refractivity contribution in [3.63, 3.8) is 0 Å². The van der Waals surface area contributed by atoms with E-state index in [4.69, 9.17) is 9.47 Å². The molecule has 22 heavy (non-hydrogen) atoms. The molecule has 2 rings (SSSR count). The molecule has 0 aromatic carbocycles. The van der Waals surface area contributed by atoms with E-state index >= 15 is 0 Å². The van der Waals surface area contributed by atoms with E-state index in [9.17, 15) is 9.59 Å². The van der Waals surface area contributed by atoms with Gasteiger partial charge in [0.15, 0.2) is 0 Å². The van der Waals surface area contributed by atoms with Crippen LogP contribution in [0, 0.1) is 0 Å². The highest BCUT2D eigenvalue weighted by molar-refractivity contribution is 5.71. The maximum absolute atomic E-state index is 12.1. The number of epoxide rings is 1. The van der Waals surface area contributed by atoms with E-state index < -0.39 is 23.3 Å². The van der Waals surface area contributed by atoms with Crippen molar-refractivity contribution < 1.29 is 19.1 Å². The summed E-state index contributed by atoms with van der Waals surface area (Å²) in [5, 5.41) is 2.82. The van der Waals surface area contributed by atoms with E-state index in [2.05, 4.69) is 11.4 Å². The van der Waals surface area contributed by atoms with Crippen molar-refractivity contribution in [1.82, 2.24) is 5.32 Å². The standard InChI is InChI=1S/C17H25NO4/c1-16(2,3)22-15(20)18-14(9-12-7-5-6-8-12)13(10-19)17(4)11-21-17/h7,14H,5-6,8-9,11H2,1-4H3,(H,18,20)/t14-,17-/m0/s1. The smallest absolute Gasteiger partial charge is 0.408 e. The average Bonchev–Trinajstić information content (AvgIpc) is 2.91. The van der Waals surface area contributed by atoms with Crippen molar-refractivity contribution >= 4 is 12.0 Å². The van der Waals surface area contributed by atoms with Crippen LogP contribution in [-0.4, -0.2) is 35.9 Å². The number of nitrogens with one attached hydrogen (secondary N) is 1. The monoisotopic (exact) mass is 307 g/mol. The molecule has 0 unspecified atom stereocenters. The van der Waals surface area contributed by atoms with Crippen LogP contribution >= 0.6 is 0 Å². The molecule has 2 atom stereocenters. The Morgan fingerprint density at radius 2 is 2.23 bits per heavy atom. The lowest BCUT2D eigenvalue weighted by Crippen LogP contribution is -2.43. The van der Waals surface area contributed by atoms with Gasteiger partial charge in [-0.25, -0.2) is 9.59 Å². The van der Waals surface area contributed by atoms with Gasteiger partial charge in [-0.1, -0.05) is 11.6 Å². The molecule has 2 aliphatic rings. The third-order valence-corrected chi connectivity index (χ3v) is 3.90. The van der Waals surface area contributed by atoms with E-state index in [1.54, 1.807) is 0 Å². The van der Waals surface area contributed by atoms with E-state index in [-0.39, 0.29) is 0 Å². The highest BCUT2D eigenvalue weighted by atomic mass is 16.6. The molecule has 1 aliphatic heterocycles. The SMILES string of the molecule is CC(C)(C)OC(=O)N[C@@H](CC1=CCCC1)C(=C=O)[C@]1(C)CO1. The van der Waals surface area contributed by atoms with Crippen LogP contribution in [0.25, 0.3) is 0 Å². The first-order chi connectivity index (χ1) is 10.2. The molecular formula is C17H25NO4. The van der Waals surface area contributed by atoms with E-state index in [1.165, 1.54) is 5.57 Å². The van der Waals surface area contributed by atoms with Gasteiger partial charge in [-0.05, 0) is 53.4 Å². The average molecular weight is 307 g/mol. The lowest BCUT2D eigenvalue weighted by Gasteiger charge is -2.25. The van der Waals surface area contributed by atoms with Crippen LogP contribution in [0.3, 0.4) is 0 Å². The second-order valence-electron chi connectivity index (χ2n) is 7.19. The van der Waals surface area contributed by atoms with Gasteiger partial charge in [0, 0.05) is 0 Å². The number of carbonyl (C=O) groups excluding carboxylic acids is 2. The molecule has 1 heterocycles. The maximum Gasteiger partial charge on any atom is 0.408 e. The molecule has 1 N–H and O–H groups in total. The number of hydrogen-bond donors (Lipinski definition) is 1. The Labute approximate surface area is 131 Å². The highest BCUT2D eigenvalue weighted by Gasteiger charge is 2.48. The van der Waals surface area contributed by atoms with Crippen LogP contribution < -0.4 is 5.32 Å². The van der Waals surface area contributed by atoms with Gasteiger partial charge in [0.05, 0.1) is 18.2 Å². The van der Waals surface area contributed by atoms with Crippen molar-refractivity contribution in [3.8, 4) is 0 Å². The summed E-state index contributed by atoms with van der Waals surface area (Å²) >= 11 is 0. The highest BCUT2D eigenvalue weighted by Crippen LogP contribution is 2.37. The first-order valence-electron chi connectivity index (χ1n) is 7.80. The second kappa shape index (κ2) is 6.27. The van der Waals surface area contributed by atoms with E-state index in [0.29, 0.717) is 18.6 Å². The van der Waals surface area contributed by atoms with Crippen molar-refractivity contribution in [2.45, 2.75) is 70.6 Å². The van der Waals surface area contributed by atoms with Crippen LogP contribution in [0.15, 0.2) is 17.2 Å². The third-order valence-electron chi connectivity index (χ3n) is 3.90. The Morgan fingerprint density at radius 1 is 1.55 bits per heavy atom. The molecule has 0 spiro atoms. The summed E-state index contributed by atoms with van der Waals surface area (Å²) in [6, 6.07) is -0.427. The molecule has 1 saturated heterocycles. The lowest BCUT2D eigenvalue weighted by molar-refractivity contribution is 0.0510.